The lowest BCUT2D eigenvalue weighted by Crippen LogP contribution is -2.34. The Bertz CT molecular complexity index is 710. The highest BCUT2D eigenvalue weighted by Gasteiger charge is 2.27. The number of phenols is 1. The maximum absolute atomic E-state index is 13.2. The minimum atomic E-state index is -0.806. The standard InChI is InChI=1S/C19H21FN2O3/c1-19(2,18(21)25)12-11-17(24)22(14-5-3-13(20)4-6-14)15-7-9-16(23)10-8-15/h3-10,23H,11-12H2,1-2H3,(H2,21,25). The van der Waals surface area contributed by atoms with Crippen molar-refractivity contribution >= 4 is 23.2 Å². The summed E-state index contributed by atoms with van der Waals surface area (Å²) in [5.41, 5.74) is 5.58. The van der Waals surface area contributed by atoms with Crippen LogP contribution in [0.4, 0.5) is 15.8 Å². The van der Waals surface area contributed by atoms with Gasteiger partial charge in [0.15, 0.2) is 0 Å². The van der Waals surface area contributed by atoms with Crippen LogP contribution in [0.2, 0.25) is 0 Å². The van der Waals surface area contributed by atoms with Crippen molar-refractivity contribution in [2.45, 2.75) is 26.7 Å². The molecule has 5 nitrogen and oxygen atoms in total. The lowest BCUT2D eigenvalue weighted by atomic mass is 9.87. The Balaban J connectivity index is 2.31. The minimum Gasteiger partial charge on any atom is -0.508 e. The van der Waals surface area contributed by atoms with Gasteiger partial charge in [0.2, 0.25) is 11.8 Å². The number of nitrogens with zero attached hydrogens (tertiary/aromatic N) is 1. The van der Waals surface area contributed by atoms with E-state index in [1.54, 1.807) is 26.0 Å². The number of hydrogen-bond acceptors (Lipinski definition) is 3. The number of phenolic OH excluding ortho intramolecular Hbond substituents is 1. The molecule has 2 aromatic carbocycles. The smallest absolute Gasteiger partial charge is 0.231 e. The van der Waals surface area contributed by atoms with Crippen LogP contribution in [0.25, 0.3) is 0 Å². The van der Waals surface area contributed by atoms with Gasteiger partial charge in [0, 0.05) is 23.2 Å². The van der Waals surface area contributed by atoms with Crippen LogP contribution >= 0.6 is 0 Å². The van der Waals surface area contributed by atoms with E-state index in [4.69, 9.17) is 5.73 Å². The molecule has 0 radical (unpaired) electrons. The Morgan fingerprint density at radius 1 is 1.04 bits per heavy atom. The molecule has 0 spiro atoms. The second kappa shape index (κ2) is 7.34. The summed E-state index contributed by atoms with van der Waals surface area (Å²) >= 11 is 0. The molecule has 2 aromatic rings. The predicted octanol–water partition coefficient (Wildman–Crippen LogP) is 3.49. The first-order valence-electron chi connectivity index (χ1n) is 7.88. The quantitative estimate of drug-likeness (QED) is 0.841. The van der Waals surface area contributed by atoms with E-state index in [0.29, 0.717) is 11.4 Å². The molecule has 25 heavy (non-hydrogen) atoms. The van der Waals surface area contributed by atoms with Crippen LogP contribution in [0.15, 0.2) is 48.5 Å². The molecule has 0 heterocycles. The molecule has 0 aliphatic rings. The van der Waals surface area contributed by atoms with Gasteiger partial charge in [-0.2, -0.15) is 0 Å². The first-order chi connectivity index (χ1) is 11.7. The van der Waals surface area contributed by atoms with Crippen LogP contribution in [0.1, 0.15) is 26.7 Å². The molecule has 132 valence electrons. The lowest BCUT2D eigenvalue weighted by molar-refractivity contribution is -0.127. The maximum Gasteiger partial charge on any atom is 0.231 e. The van der Waals surface area contributed by atoms with Crippen LogP contribution in [0.3, 0.4) is 0 Å². The van der Waals surface area contributed by atoms with Crippen LogP contribution < -0.4 is 10.6 Å². The zero-order chi connectivity index (χ0) is 18.6. The molecule has 0 aliphatic carbocycles. The van der Waals surface area contributed by atoms with Gasteiger partial charge in [0.1, 0.15) is 11.6 Å². The number of rotatable bonds is 6. The summed E-state index contributed by atoms with van der Waals surface area (Å²) < 4.78 is 13.2. The first-order valence-corrected chi connectivity index (χ1v) is 7.88. The monoisotopic (exact) mass is 344 g/mol. The number of nitrogens with two attached hydrogens (primary N) is 1. The molecular weight excluding hydrogens is 323 g/mol. The minimum absolute atomic E-state index is 0.0742. The van der Waals surface area contributed by atoms with E-state index in [9.17, 15) is 19.1 Å². The molecule has 0 atom stereocenters. The summed E-state index contributed by atoms with van der Waals surface area (Å²) in [4.78, 5) is 25.7. The average molecular weight is 344 g/mol. The molecule has 0 aromatic heterocycles. The van der Waals surface area contributed by atoms with Crippen molar-refractivity contribution in [1.82, 2.24) is 0 Å². The van der Waals surface area contributed by atoms with Gasteiger partial charge in [-0.3, -0.25) is 14.5 Å². The summed E-state index contributed by atoms with van der Waals surface area (Å²) in [6.45, 7) is 3.37. The van der Waals surface area contributed by atoms with E-state index in [1.807, 2.05) is 0 Å². The molecule has 0 saturated heterocycles. The van der Waals surface area contributed by atoms with Gasteiger partial charge < -0.3 is 10.8 Å². The number of benzene rings is 2. The second-order valence-corrected chi connectivity index (χ2v) is 6.47. The van der Waals surface area contributed by atoms with Gasteiger partial charge in [-0.05, 0) is 55.0 Å². The van der Waals surface area contributed by atoms with Gasteiger partial charge in [-0.25, -0.2) is 4.39 Å². The van der Waals surface area contributed by atoms with Crippen molar-refractivity contribution < 1.29 is 19.1 Å². The van der Waals surface area contributed by atoms with Crippen LogP contribution in [0.5, 0.6) is 5.75 Å². The van der Waals surface area contributed by atoms with E-state index in [2.05, 4.69) is 0 Å². The molecule has 0 fully saturated rings. The Hall–Kier alpha value is -2.89. The van der Waals surface area contributed by atoms with Crippen LogP contribution in [-0.2, 0) is 9.59 Å². The van der Waals surface area contributed by atoms with Crippen molar-refractivity contribution in [1.29, 1.82) is 0 Å². The van der Waals surface area contributed by atoms with Crippen molar-refractivity contribution in [3.8, 4) is 5.75 Å². The second-order valence-electron chi connectivity index (χ2n) is 6.47. The average Bonchev–Trinajstić information content (AvgIpc) is 2.56. The molecule has 2 amide bonds. The van der Waals surface area contributed by atoms with E-state index in [1.165, 1.54) is 41.3 Å². The molecule has 0 bridgehead atoms. The van der Waals surface area contributed by atoms with Gasteiger partial charge in [-0.1, -0.05) is 13.8 Å². The van der Waals surface area contributed by atoms with Crippen molar-refractivity contribution in [3.05, 3.63) is 54.3 Å². The van der Waals surface area contributed by atoms with Crippen molar-refractivity contribution in [3.63, 3.8) is 0 Å². The highest BCUT2D eigenvalue weighted by Crippen LogP contribution is 2.30. The van der Waals surface area contributed by atoms with Crippen LogP contribution in [0, 0.1) is 11.2 Å². The Labute approximate surface area is 145 Å². The largest absolute Gasteiger partial charge is 0.508 e. The van der Waals surface area contributed by atoms with Gasteiger partial charge in [0.25, 0.3) is 0 Å². The third-order valence-corrected chi connectivity index (χ3v) is 4.07. The van der Waals surface area contributed by atoms with E-state index < -0.39 is 17.1 Å². The number of anilines is 2. The zero-order valence-corrected chi connectivity index (χ0v) is 14.2. The third-order valence-electron chi connectivity index (χ3n) is 4.07. The van der Waals surface area contributed by atoms with Gasteiger partial charge >= 0.3 is 0 Å². The number of amides is 2. The number of aromatic hydroxyl groups is 1. The molecule has 2 rings (SSSR count). The molecular formula is C19H21FN2O3. The fourth-order valence-corrected chi connectivity index (χ4v) is 2.28. The summed E-state index contributed by atoms with van der Waals surface area (Å²) in [5.74, 6) is -1.06. The summed E-state index contributed by atoms with van der Waals surface area (Å²) in [6.07, 6.45) is 0.380. The highest BCUT2D eigenvalue weighted by molar-refractivity contribution is 6.00. The van der Waals surface area contributed by atoms with E-state index in [-0.39, 0.29) is 24.5 Å². The molecule has 0 aliphatic heterocycles. The predicted molar refractivity (Wildman–Crippen MR) is 93.9 cm³/mol. The fraction of sp³-hybridized carbons (Fsp3) is 0.263. The number of carbonyl (C=O) groups is 2. The number of halogens is 1. The first kappa shape index (κ1) is 18.4. The van der Waals surface area contributed by atoms with Crippen LogP contribution in [-0.4, -0.2) is 16.9 Å². The number of hydrogen-bond donors (Lipinski definition) is 2. The lowest BCUT2D eigenvalue weighted by Gasteiger charge is -2.26. The van der Waals surface area contributed by atoms with Crippen molar-refractivity contribution in [2.24, 2.45) is 11.1 Å². The van der Waals surface area contributed by atoms with Gasteiger partial charge in [-0.15, -0.1) is 0 Å². The fourth-order valence-electron chi connectivity index (χ4n) is 2.28. The highest BCUT2D eigenvalue weighted by atomic mass is 19.1. The SMILES string of the molecule is CC(C)(CCC(=O)N(c1ccc(O)cc1)c1ccc(F)cc1)C(N)=O. The van der Waals surface area contributed by atoms with E-state index >= 15 is 0 Å². The Kier molecular flexibility index (Phi) is 5.41. The Morgan fingerprint density at radius 2 is 1.52 bits per heavy atom. The molecule has 3 N–H and O–H groups in total. The zero-order valence-electron chi connectivity index (χ0n) is 14.2. The Morgan fingerprint density at radius 3 is 2.00 bits per heavy atom. The topological polar surface area (TPSA) is 83.6 Å². The maximum atomic E-state index is 13.2. The summed E-state index contributed by atoms with van der Waals surface area (Å²) in [6, 6.07) is 11.6. The molecule has 0 saturated carbocycles. The third kappa shape index (κ3) is 4.56. The number of primary amides is 1. The van der Waals surface area contributed by atoms with Crippen molar-refractivity contribution in [2.75, 3.05) is 4.90 Å². The molecule has 0 unspecified atom stereocenters. The number of carbonyl (C=O) groups excluding carboxylic acids is 2. The molecule has 6 heteroatoms. The van der Waals surface area contributed by atoms with Gasteiger partial charge in [0.05, 0.1) is 0 Å². The summed E-state index contributed by atoms with van der Waals surface area (Å²) in [7, 11) is 0. The summed E-state index contributed by atoms with van der Waals surface area (Å²) in [5, 5.41) is 9.45. The normalized spacial score (nSPS) is 11.2. The van der Waals surface area contributed by atoms with E-state index in [0.717, 1.165) is 0 Å².